The molecule has 0 radical (unpaired) electrons. The first-order chi connectivity index (χ1) is 9.06. The standard InChI is InChI=1S/C9H13N.C5H8O4/c1-2-8-10-9-6-4-3-5-7-9;6-4(7)2-1-3-5(8)9/h3-7,10H,2,8H2,1H3;1-3H2,(H,6,7)(H,8,9). The molecule has 19 heavy (non-hydrogen) atoms. The predicted molar refractivity (Wildman–Crippen MR) is 74.3 cm³/mol. The van der Waals surface area contributed by atoms with Crippen molar-refractivity contribution in [3.05, 3.63) is 30.3 Å². The SMILES string of the molecule is CCCNc1ccccc1.O=C(O)CCCC(=O)O. The first-order valence-electron chi connectivity index (χ1n) is 6.28. The number of hydrogen-bond donors (Lipinski definition) is 3. The molecule has 0 fully saturated rings. The Kier molecular flexibility index (Phi) is 9.88. The molecular formula is C14H21NO4. The van der Waals surface area contributed by atoms with Crippen LogP contribution in [0.15, 0.2) is 30.3 Å². The van der Waals surface area contributed by atoms with Gasteiger partial charge in [0.25, 0.3) is 0 Å². The summed E-state index contributed by atoms with van der Waals surface area (Å²) < 4.78 is 0. The van der Waals surface area contributed by atoms with Crippen LogP contribution in [0.5, 0.6) is 0 Å². The fourth-order valence-corrected chi connectivity index (χ4v) is 1.22. The van der Waals surface area contributed by atoms with Crippen molar-refractivity contribution >= 4 is 17.6 Å². The van der Waals surface area contributed by atoms with Crippen molar-refractivity contribution in [2.24, 2.45) is 0 Å². The van der Waals surface area contributed by atoms with Gasteiger partial charge in [0.05, 0.1) is 0 Å². The smallest absolute Gasteiger partial charge is 0.303 e. The molecule has 106 valence electrons. The predicted octanol–water partition coefficient (Wildman–Crippen LogP) is 2.83. The van der Waals surface area contributed by atoms with E-state index in [4.69, 9.17) is 10.2 Å². The molecule has 0 aliphatic rings. The molecule has 0 saturated heterocycles. The highest BCUT2D eigenvalue weighted by Crippen LogP contribution is 2.03. The van der Waals surface area contributed by atoms with Gasteiger partial charge in [0.1, 0.15) is 0 Å². The van der Waals surface area contributed by atoms with Crippen molar-refractivity contribution in [3.63, 3.8) is 0 Å². The van der Waals surface area contributed by atoms with Crippen LogP contribution in [0, 0.1) is 0 Å². The zero-order valence-corrected chi connectivity index (χ0v) is 11.1. The van der Waals surface area contributed by atoms with E-state index in [1.807, 2.05) is 18.2 Å². The molecule has 0 saturated carbocycles. The number of carboxylic acids is 2. The molecule has 0 aliphatic heterocycles. The molecular weight excluding hydrogens is 246 g/mol. The van der Waals surface area contributed by atoms with Gasteiger partial charge in [0.15, 0.2) is 0 Å². The second-order valence-corrected chi connectivity index (χ2v) is 3.93. The van der Waals surface area contributed by atoms with E-state index < -0.39 is 11.9 Å². The van der Waals surface area contributed by atoms with Gasteiger partial charge in [-0.25, -0.2) is 0 Å². The topological polar surface area (TPSA) is 86.6 Å². The van der Waals surface area contributed by atoms with Gasteiger partial charge in [-0.2, -0.15) is 0 Å². The Hall–Kier alpha value is -2.04. The normalized spacial score (nSPS) is 9.11. The first kappa shape index (κ1) is 17.0. The maximum atomic E-state index is 9.79. The quantitative estimate of drug-likeness (QED) is 0.707. The number of hydrogen-bond acceptors (Lipinski definition) is 3. The van der Waals surface area contributed by atoms with Gasteiger partial charge in [-0.05, 0) is 25.0 Å². The highest BCUT2D eigenvalue weighted by molar-refractivity contribution is 5.69. The van der Waals surface area contributed by atoms with Crippen molar-refractivity contribution in [2.45, 2.75) is 32.6 Å². The van der Waals surface area contributed by atoms with Crippen LogP contribution in [0.3, 0.4) is 0 Å². The van der Waals surface area contributed by atoms with Gasteiger partial charge >= 0.3 is 11.9 Å². The van der Waals surface area contributed by atoms with Crippen LogP contribution in [-0.2, 0) is 9.59 Å². The number of rotatable bonds is 7. The molecule has 0 spiro atoms. The number of aliphatic carboxylic acids is 2. The van der Waals surface area contributed by atoms with Crippen LogP contribution in [-0.4, -0.2) is 28.7 Å². The summed E-state index contributed by atoms with van der Waals surface area (Å²) in [5.74, 6) is -1.90. The Labute approximate surface area is 113 Å². The molecule has 0 unspecified atom stereocenters. The van der Waals surface area contributed by atoms with Gasteiger partial charge in [-0.1, -0.05) is 25.1 Å². The van der Waals surface area contributed by atoms with Crippen LogP contribution in [0.2, 0.25) is 0 Å². The lowest BCUT2D eigenvalue weighted by molar-refractivity contribution is -0.138. The van der Waals surface area contributed by atoms with E-state index in [0.29, 0.717) is 0 Å². The lowest BCUT2D eigenvalue weighted by Gasteiger charge is -2.01. The van der Waals surface area contributed by atoms with Gasteiger partial charge in [0, 0.05) is 25.1 Å². The van der Waals surface area contributed by atoms with E-state index >= 15 is 0 Å². The second-order valence-electron chi connectivity index (χ2n) is 3.93. The van der Waals surface area contributed by atoms with E-state index in [2.05, 4.69) is 24.4 Å². The largest absolute Gasteiger partial charge is 0.481 e. The zero-order chi connectivity index (χ0) is 14.5. The second kappa shape index (κ2) is 11.1. The summed E-state index contributed by atoms with van der Waals surface area (Å²) in [6.45, 7) is 3.22. The average molecular weight is 267 g/mol. The molecule has 5 nitrogen and oxygen atoms in total. The third-order valence-corrected chi connectivity index (χ3v) is 2.13. The van der Waals surface area contributed by atoms with Crippen molar-refractivity contribution in [1.82, 2.24) is 0 Å². The fraction of sp³-hybridized carbons (Fsp3) is 0.429. The highest BCUT2D eigenvalue weighted by Gasteiger charge is 1.99. The molecule has 0 aromatic heterocycles. The lowest BCUT2D eigenvalue weighted by Crippen LogP contribution is -1.98. The summed E-state index contributed by atoms with van der Waals surface area (Å²) in [4.78, 5) is 19.6. The Morgan fingerprint density at radius 3 is 2.00 bits per heavy atom. The van der Waals surface area contributed by atoms with Crippen molar-refractivity contribution < 1.29 is 19.8 Å². The number of benzene rings is 1. The number of nitrogens with one attached hydrogen (secondary N) is 1. The molecule has 0 atom stereocenters. The Balaban J connectivity index is 0.000000344. The van der Waals surface area contributed by atoms with Crippen molar-refractivity contribution in [1.29, 1.82) is 0 Å². The third-order valence-electron chi connectivity index (χ3n) is 2.13. The van der Waals surface area contributed by atoms with Gasteiger partial charge in [-0.15, -0.1) is 0 Å². The van der Waals surface area contributed by atoms with E-state index in [0.717, 1.165) is 6.54 Å². The summed E-state index contributed by atoms with van der Waals surface area (Å²) in [7, 11) is 0. The Bertz CT molecular complexity index is 351. The summed E-state index contributed by atoms with van der Waals surface area (Å²) in [5.41, 5.74) is 1.21. The summed E-state index contributed by atoms with van der Waals surface area (Å²) in [5, 5.41) is 19.4. The molecule has 1 aromatic rings. The minimum absolute atomic E-state index is 0.0632. The van der Waals surface area contributed by atoms with E-state index in [1.54, 1.807) is 0 Å². The van der Waals surface area contributed by atoms with Crippen LogP contribution in [0.4, 0.5) is 5.69 Å². The average Bonchev–Trinajstić information content (AvgIpc) is 2.37. The molecule has 1 rings (SSSR count). The summed E-state index contributed by atoms with van der Waals surface area (Å²) in [6, 6.07) is 10.3. The molecule has 1 aromatic carbocycles. The van der Waals surface area contributed by atoms with Gasteiger partial charge < -0.3 is 15.5 Å². The van der Waals surface area contributed by atoms with Crippen molar-refractivity contribution in [3.8, 4) is 0 Å². The van der Waals surface area contributed by atoms with Crippen LogP contribution in [0.1, 0.15) is 32.6 Å². The molecule has 0 aliphatic carbocycles. The molecule has 0 heterocycles. The Morgan fingerprint density at radius 2 is 1.58 bits per heavy atom. The minimum atomic E-state index is -0.948. The number of anilines is 1. The summed E-state index contributed by atoms with van der Waals surface area (Å²) >= 11 is 0. The first-order valence-corrected chi connectivity index (χ1v) is 6.28. The van der Waals surface area contributed by atoms with Crippen LogP contribution < -0.4 is 5.32 Å². The maximum absolute atomic E-state index is 9.79. The maximum Gasteiger partial charge on any atom is 0.303 e. The molecule has 0 bridgehead atoms. The molecule has 5 heteroatoms. The van der Waals surface area contributed by atoms with E-state index in [9.17, 15) is 9.59 Å². The van der Waals surface area contributed by atoms with E-state index in [-0.39, 0.29) is 19.3 Å². The van der Waals surface area contributed by atoms with Crippen LogP contribution >= 0.6 is 0 Å². The van der Waals surface area contributed by atoms with Gasteiger partial charge in [-0.3, -0.25) is 9.59 Å². The summed E-state index contributed by atoms with van der Waals surface area (Å²) in [6.07, 6.45) is 1.26. The van der Waals surface area contributed by atoms with Crippen LogP contribution in [0.25, 0.3) is 0 Å². The number of para-hydroxylation sites is 1. The van der Waals surface area contributed by atoms with Gasteiger partial charge in [0.2, 0.25) is 0 Å². The lowest BCUT2D eigenvalue weighted by atomic mass is 10.2. The molecule has 3 N–H and O–H groups in total. The Morgan fingerprint density at radius 1 is 1.05 bits per heavy atom. The van der Waals surface area contributed by atoms with Crippen molar-refractivity contribution in [2.75, 3.05) is 11.9 Å². The number of carboxylic acid groups (broad SMARTS) is 2. The number of carbonyl (C=O) groups is 2. The molecule has 0 amide bonds. The monoisotopic (exact) mass is 267 g/mol. The fourth-order valence-electron chi connectivity index (χ4n) is 1.22. The minimum Gasteiger partial charge on any atom is -0.481 e. The zero-order valence-electron chi connectivity index (χ0n) is 11.1. The van der Waals surface area contributed by atoms with E-state index in [1.165, 1.54) is 12.1 Å². The highest BCUT2D eigenvalue weighted by atomic mass is 16.4. The third kappa shape index (κ3) is 12.2.